The summed E-state index contributed by atoms with van der Waals surface area (Å²) in [6.45, 7) is 1.26. The number of nitrogens with zero attached hydrogens (tertiary/aromatic N) is 2. The van der Waals surface area contributed by atoms with E-state index in [0.717, 1.165) is 11.5 Å². The number of aromatic nitrogens is 1. The van der Waals surface area contributed by atoms with Crippen molar-refractivity contribution in [3.05, 3.63) is 23.9 Å². The molecule has 1 aromatic rings. The maximum absolute atomic E-state index is 12.7. The fourth-order valence-corrected chi connectivity index (χ4v) is 2.40. The van der Waals surface area contributed by atoms with Gasteiger partial charge in [0.05, 0.1) is 11.6 Å². The lowest BCUT2D eigenvalue weighted by molar-refractivity contribution is -0.187. The standard InChI is InChI=1S/C13H18F3N3/c1-17-12-6-2-5-11(18-12)9-19-7-3-4-10(8-19)13(14,15)16/h2,5-6,10H,3-4,7-9H2,1H3,(H,17,18). The van der Waals surface area contributed by atoms with Gasteiger partial charge in [0.1, 0.15) is 5.82 Å². The predicted molar refractivity (Wildman–Crippen MR) is 67.8 cm³/mol. The highest BCUT2D eigenvalue weighted by Crippen LogP contribution is 2.33. The highest BCUT2D eigenvalue weighted by atomic mass is 19.4. The van der Waals surface area contributed by atoms with E-state index in [-0.39, 0.29) is 13.0 Å². The van der Waals surface area contributed by atoms with E-state index in [0.29, 0.717) is 19.5 Å². The Labute approximate surface area is 110 Å². The molecule has 3 nitrogen and oxygen atoms in total. The summed E-state index contributed by atoms with van der Waals surface area (Å²) < 4.78 is 38.2. The Morgan fingerprint density at radius 1 is 1.42 bits per heavy atom. The minimum Gasteiger partial charge on any atom is -0.373 e. The summed E-state index contributed by atoms with van der Waals surface area (Å²) >= 11 is 0. The average Bonchev–Trinajstić information content (AvgIpc) is 2.38. The Morgan fingerprint density at radius 3 is 2.89 bits per heavy atom. The Morgan fingerprint density at radius 2 is 2.21 bits per heavy atom. The van der Waals surface area contributed by atoms with Crippen molar-refractivity contribution in [1.29, 1.82) is 0 Å². The second-order valence-electron chi connectivity index (χ2n) is 4.88. The zero-order chi connectivity index (χ0) is 13.9. The lowest BCUT2D eigenvalue weighted by Crippen LogP contribution is -2.41. The number of hydrogen-bond acceptors (Lipinski definition) is 3. The van der Waals surface area contributed by atoms with E-state index in [2.05, 4.69) is 10.3 Å². The van der Waals surface area contributed by atoms with Crippen LogP contribution in [-0.4, -0.2) is 36.2 Å². The third-order valence-electron chi connectivity index (χ3n) is 3.42. The van der Waals surface area contributed by atoms with E-state index < -0.39 is 12.1 Å². The Balaban J connectivity index is 1.98. The summed E-state index contributed by atoms with van der Waals surface area (Å²) in [5.74, 6) is -0.462. The molecule has 19 heavy (non-hydrogen) atoms. The van der Waals surface area contributed by atoms with E-state index in [1.807, 2.05) is 23.1 Å². The van der Waals surface area contributed by atoms with Crippen molar-refractivity contribution in [3.8, 4) is 0 Å². The van der Waals surface area contributed by atoms with Crippen LogP contribution in [0, 0.1) is 5.92 Å². The van der Waals surface area contributed by atoms with Gasteiger partial charge in [0.2, 0.25) is 0 Å². The Hall–Kier alpha value is -1.30. The van der Waals surface area contributed by atoms with Crippen LogP contribution in [0.1, 0.15) is 18.5 Å². The van der Waals surface area contributed by atoms with Crippen molar-refractivity contribution in [1.82, 2.24) is 9.88 Å². The number of anilines is 1. The van der Waals surface area contributed by atoms with Crippen LogP contribution in [0.5, 0.6) is 0 Å². The molecule has 1 unspecified atom stereocenters. The summed E-state index contributed by atoms with van der Waals surface area (Å²) in [5.41, 5.74) is 0.801. The molecule has 1 aliphatic heterocycles. The second kappa shape index (κ2) is 5.77. The van der Waals surface area contributed by atoms with Crippen molar-refractivity contribution in [3.63, 3.8) is 0 Å². The van der Waals surface area contributed by atoms with Crippen LogP contribution in [0.25, 0.3) is 0 Å². The lowest BCUT2D eigenvalue weighted by atomic mass is 9.97. The van der Waals surface area contributed by atoms with Gasteiger partial charge in [-0.15, -0.1) is 0 Å². The molecule has 1 N–H and O–H groups in total. The highest BCUT2D eigenvalue weighted by Gasteiger charge is 2.41. The molecule has 0 saturated carbocycles. The van der Waals surface area contributed by atoms with Crippen LogP contribution in [0.15, 0.2) is 18.2 Å². The van der Waals surface area contributed by atoms with Crippen molar-refractivity contribution < 1.29 is 13.2 Å². The van der Waals surface area contributed by atoms with Gasteiger partial charge in [-0.3, -0.25) is 4.90 Å². The van der Waals surface area contributed by atoms with Crippen LogP contribution in [0.4, 0.5) is 19.0 Å². The normalized spacial score (nSPS) is 21.4. The van der Waals surface area contributed by atoms with E-state index in [1.54, 1.807) is 7.05 Å². The molecule has 2 rings (SSSR count). The van der Waals surface area contributed by atoms with Crippen molar-refractivity contribution in [2.24, 2.45) is 5.92 Å². The first-order valence-corrected chi connectivity index (χ1v) is 6.42. The molecule has 2 heterocycles. The van der Waals surface area contributed by atoms with Gasteiger partial charge in [-0.25, -0.2) is 4.98 Å². The quantitative estimate of drug-likeness (QED) is 0.918. The molecule has 0 bridgehead atoms. The summed E-state index contributed by atoms with van der Waals surface area (Å²) in [7, 11) is 1.77. The van der Waals surface area contributed by atoms with Gasteiger partial charge in [0, 0.05) is 20.1 Å². The van der Waals surface area contributed by atoms with Gasteiger partial charge in [-0.05, 0) is 31.5 Å². The number of nitrogens with one attached hydrogen (secondary N) is 1. The molecule has 1 atom stereocenters. The zero-order valence-electron chi connectivity index (χ0n) is 10.9. The topological polar surface area (TPSA) is 28.2 Å². The summed E-state index contributed by atoms with van der Waals surface area (Å²) in [6.07, 6.45) is -3.25. The van der Waals surface area contributed by atoms with E-state index in [4.69, 9.17) is 0 Å². The smallest absolute Gasteiger partial charge is 0.373 e. The molecular formula is C13H18F3N3. The zero-order valence-corrected chi connectivity index (χ0v) is 10.9. The molecule has 0 amide bonds. The van der Waals surface area contributed by atoms with Crippen molar-refractivity contribution in [2.75, 3.05) is 25.5 Å². The first-order valence-electron chi connectivity index (χ1n) is 6.42. The van der Waals surface area contributed by atoms with Crippen LogP contribution in [-0.2, 0) is 6.54 Å². The number of pyridine rings is 1. The van der Waals surface area contributed by atoms with Crippen LogP contribution in [0.3, 0.4) is 0 Å². The third-order valence-corrected chi connectivity index (χ3v) is 3.42. The number of piperidine rings is 1. The minimum absolute atomic E-state index is 0.0783. The number of halogens is 3. The highest BCUT2D eigenvalue weighted by molar-refractivity contribution is 5.34. The fourth-order valence-electron chi connectivity index (χ4n) is 2.40. The molecule has 1 aromatic heterocycles. The largest absolute Gasteiger partial charge is 0.393 e. The predicted octanol–water partition coefficient (Wildman–Crippen LogP) is 2.90. The SMILES string of the molecule is CNc1cccc(CN2CCCC(C(F)(F)F)C2)n1. The molecule has 1 saturated heterocycles. The molecule has 1 aliphatic rings. The Bertz CT molecular complexity index is 420. The number of likely N-dealkylation sites (tertiary alicyclic amines) is 1. The lowest BCUT2D eigenvalue weighted by Gasteiger charge is -2.33. The molecule has 0 radical (unpaired) electrons. The van der Waals surface area contributed by atoms with Gasteiger partial charge >= 0.3 is 6.18 Å². The minimum atomic E-state index is -4.08. The number of rotatable bonds is 3. The average molecular weight is 273 g/mol. The molecular weight excluding hydrogens is 255 g/mol. The fraction of sp³-hybridized carbons (Fsp3) is 0.615. The molecule has 106 valence electrons. The number of alkyl halides is 3. The van der Waals surface area contributed by atoms with Crippen molar-refractivity contribution in [2.45, 2.75) is 25.6 Å². The maximum atomic E-state index is 12.7. The van der Waals surface area contributed by atoms with Crippen LogP contribution >= 0.6 is 0 Å². The summed E-state index contributed by atoms with van der Waals surface area (Å²) in [5, 5.41) is 2.93. The van der Waals surface area contributed by atoms with E-state index >= 15 is 0 Å². The molecule has 0 aromatic carbocycles. The second-order valence-corrected chi connectivity index (χ2v) is 4.88. The van der Waals surface area contributed by atoms with Gasteiger partial charge in [-0.1, -0.05) is 6.07 Å². The van der Waals surface area contributed by atoms with Gasteiger partial charge in [-0.2, -0.15) is 13.2 Å². The summed E-state index contributed by atoms with van der Waals surface area (Å²) in [4.78, 5) is 6.18. The van der Waals surface area contributed by atoms with E-state index in [9.17, 15) is 13.2 Å². The molecule has 0 aliphatic carbocycles. The third kappa shape index (κ3) is 3.83. The first kappa shape index (κ1) is 14.1. The van der Waals surface area contributed by atoms with Gasteiger partial charge < -0.3 is 5.32 Å². The molecule has 1 fully saturated rings. The van der Waals surface area contributed by atoms with Gasteiger partial charge in [0.15, 0.2) is 0 Å². The van der Waals surface area contributed by atoms with Gasteiger partial charge in [0.25, 0.3) is 0 Å². The maximum Gasteiger partial charge on any atom is 0.393 e. The Kier molecular flexibility index (Phi) is 4.29. The van der Waals surface area contributed by atoms with Crippen LogP contribution in [0.2, 0.25) is 0 Å². The number of hydrogen-bond donors (Lipinski definition) is 1. The van der Waals surface area contributed by atoms with E-state index in [1.165, 1.54) is 0 Å². The monoisotopic (exact) mass is 273 g/mol. The van der Waals surface area contributed by atoms with Crippen LogP contribution < -0.4 is 5.32 Å². The first-order chi connectivity index (χ1) is 8.99. The molecule has 6 heteroatoms. The molecule has 0 spiro atoms. The van der Waals surface area contributed by atoms with Crippen molar-refractivity contribution >= 4 is 5.82 Å². The summed E-state index contributed by atoms with van der Waals surface area (Å²) in [6, 6.07) is 5.54.